The molecule has 0 amide bonds. The number of carbonyl (C=O) groups excluding carboxylic acids is 1. The largest absolute Gasteiger partial charge is 0.318 e. The summed E-state index contributed by atoms with van der Waals surface area (Å²) in [4.78, 5) is 12.9. The summed E-state index contributed by atoms with van der Waals surface area (Å²) in [5.74, 6) is 3.65. The Balaban J connectivity index is 1.57. The van der Waals surface area contributed by atoms with Crippen LogP contribution < -0.4 is 5.73 Å². The predicted octanol–water partition coefficient (Wildman–Crippen LogP) is 3.33. The zero-order valence-electron chi connectivity index (χ0n) is 11.9. The number of carbonyl (C=O) groups is 1. The van der Waals surface area contributed by atoms with Crippen molar-refractivity contribution in [1.29, 1.82) is 0 Å². The molecule has 0 aliphatic heterocycles. The van der Waals surface area contributed by atoms with Gasteiger partial charge in [-0.1, -0.05) is 30.3 Å². The van der Waals surface area contributed by atoms with E-state index in [1.54, 1.807) is 0 Å². The Labute approximate surface area is 120 Å². The summed E-state index contributed by atoms with van der Waals surface area (Å²) in [6.45, 7) is 0. The van der Waals surface area contributed by atoms with Crippen molar-refractivity contribution in [3.05, 3.63) is 35.9 Å². The Morgan fingerprint density at radius 1 is 0.950 bits per heavy atom. The third-order valence-corrected chi connectivity index (χ3v) is 6.02. The van der Waals surface area contributed by atoms with Gasteiger partial charge >= 0.3 is 0 Å². The van der Waals surface area contributed by atoms with E-state index in [2.05, 4.69) is 0 Å². The molecule has 1 aromatic carbocycles. The fraction of sp³-hybridized carbons (Fsp3) is 0.611. The van der Waals surface area contributed by atoms with Crippen LogP contribution in [0, 0.1) is 29.6 Å². The molecule has 0 radical (unpaired) electrons. The fourth-order valence-corrected chi connectivity index (χ4v) is 5.42. The van der Waals surface area contributed by atoms with Crippen molar-refractivity contribution in [3.8, 4) is 0 Å². The molecular weight excluding hydrogens is 246 g/mol. The molecule has 20 heavy (non-hydrogen) atoms. The zero-order valence-corrected chi connectivity index (χ0v) is 11.9. The van der Waals surface area contributed by atoms with Gasteiger partial charge in [0, 0.05) is 5.92 Å². The molecule has 1 atom stereocenters. The maximum Gasteiger partial charge on any atom is 0.157 e. The summed E-state index contributed by atoms with van der Waals surface area (Å²) in [6, 6.07) is 9.47. The number of rotatable bonds is 3. The van der Waals surface area contributed by atoms with Crippen LogP contribution in [0.25, 0.3) is 0 Å². The fourth-order valence-electron chi connectivity index (χ4n) is 5.42. The second-order valence-electron chi connectivity index (χ2n) is 7.25. The van der Waals surface area contributed by atoms with E-state index >= 15 is 0 Å². The normalized spacial score (nSPS) is 39.8. The maximum atomic E-state index is 12.9. The first-order chi connectivity index (χ1) is 9.72. The van der Waals surface area contributed by atoms with E-state index in [1.807, 2.05) is 30.3 Å². The third-order valence-electron chi connectivity index (χ3n) is 6.02. The molecule has 4 aliphatic rings. The number of hydrogen-bond donors (Lipinski definition) is 1. The van der Waals surface area contributed by atoms with Gasteiger partial charge in [-0.2, -0.15) is 0 Å². The molecule has 2 N–H and O–H groups in total. The summed E-state index contributed by atoms with van der Waals surface area (Å²) in [7, 11) is 0. The summed E-state index contributed by atoms with van der Waals surface area (Å²) in [5, 5.41) is 0. The SMILES string of the molecule is NC(C(=O)C1C2CC3CC(C2)CC1C3)c1ccccc1. The molecule has 4 fully saturated rings. The third kappa shape index (κ3) is 1.93. The van der Waals surface area contributed by atoms with Crippen molar-refractivity contribution < 1.29 is 4.79 Å². The Bertz CT molecular complexity index is 481. The topological polar surface area (TPSA) is 43.1 Å². The lowest BCUT2D eigenvalue weighted by Gasteiger charge is -2.54. The first-order valence-corrected chi connectivity index (χ1v) is 8.06. The molecule has 0 heterocycles. The van der Waals surface area contributed by atoms with Crippen molar-refractivity contribution in [1.82, 2.24) is 0 Å². The van der Waals surface area contributed by atoms with Gasteiger partial charge in [0.2, 0.25) is 0 Å². The highest BCUT2D eigenvalue weighted by atomic mass is 16.1. The highest BCUT2D eigenvalue weighted by molar-refractivity contribution is 5.88. The van der Waals surface area contributed by atoms with Crippen LogP contribution in [0.2, 0.25) is 0 Å². The zero-order chi connectivity index (χ0) is 13.7. The average molecular weight is 269 g/mol. The van der Waals surface area contributed by atoms with Crippen molar-refractivity contribution >= 4 is 5.78 Å². The van der Waals surface area contributed by atoms with Crippen LogP contribution in [-0.2, 0) is 4.79 Å². The number of nitrogens with two attached hydrogens (primary N) is 1. The van der Waals surface area contributed by atoms with Gasteiger partial charge in [0.25, 0.3) is 0 Å². The molecule has 4 aliphatic carbocycles. The van der Waals surface area contributed by atoms with E-state index in [9.17, 15) is 4.79 Å². The number of Topliss-reactive ketones (excluding diaryl/α,β-unsaturated/α-hetero) is 1. The molecule has 1 aromatic rings. The molecule has 0 spiro atoms. The van der Waals surface area contributed by atoms with Crippen LogP contribution in [0.1, 0.15) is 43.7 Å². The van der Waals surface area contributed by atoms with Gasteiger partial charge in [-0.05, 0) is 61.3 Å². The van der Waals surface area contributed by atoms with Crippen molar-refractivity contribution in [2.24, 2.45) is 35.3 Å². The van der Waals surface area contributed by atoms with Crippen molar-refractivity contribution in [2.75, 3.05) is 0 Å². The maximum absolute atomic E-state index is 12.9. The predicted molar refractivity (Wildman–Crippen MR) is 78.9 cm³/mol. The molecule has 0 aromatic heterocycles. The summed E-state index contributed by atoms with van der Waals surface area (Å²) < 4.78 is 0. The molecule has 1 unspecified atom stereocenters. The Hall–Kier alpha value is -1.15. The van der Waals surface area contributed by atoms with Gasteiger partial charge < -0.3 is 5.73 Å². The minimum Gasteiger partial charge on any atom is -0.318 e. The summed E-state index contributed by atoms with van der Waals surface area (Å²) in [6.07, 6.45) is 6.56. The molecular formula is C18H23NO. The second-order valence-corrected chi connectivity index (χ2v) is 7.25. The van der Waals surface area contributed by atoms with Gasteiger partial charge in [-0.25, -0.2) is 0 Å². The van der Waals surface area contributed by atoms with Crippen LogP contribution in [0.4, 0.5) is 0 Å². The molecule has 4 saturated carbocycles. The van der Waals surface area contributed by atoms with Crippen LogP contribution in [0.15, 0.2) is 30.3 Å². The number of hydrogen-bond acceptors (Lipinski definition) is 2. The van der Waals surface area contributed by atoms with Gasteiger partial charge in [-0.15, -0.1) is 0 Å². The van der Waals surface area contributed by atoms with Crippen LogP contribution in [0.3, 0.4) is 0 Å². The van der Waals surface area contributed by atoms with E-state index in [0.717, 1.165) is 17.4 Å². The van der Waals surface area contributed by atoms with E-state index in [4.69, 9.17) is 5.73 Å². The van der Waals surface area contributed by atoms with E-state index in [0.29, 0.717) is 17.6 Å². The molecule has 2 nitrogen and oxygen atoms in total. The first kappa shape index (κ1) is 12.6. The minimum atomic E-state index is -0.418. The molecule has 106 valence electrons. The van der Waals surface area contributed by atoms with Gasteiger partial charge in [0.05, 0.1) is 6.04 Å². The van der Waals surface area contributed by atoms with Gasteiger partial charge in [0.15, 0.2) is 5.78 Å². The molecule has 0 saturated heterocycles. The first-order valence-electron chi connectivity index (χ1n) is 8.06. The Morgan fingerprint density at radius 2 is 1.50 bits per heavy atom. The van der Waals surface area contributed by atoms with E-state index in [-0.39, 0.29) is 5.92 Å². The lowest BCUT2D eigenvalue weighted by Crippen LogP contribution is -2.49. The Kier molecular flexibility index (Phi) is 2.95. The second kappa shape index (κ2) is 4.70. The quantitative estimate of drug-likeness (QED) is 0.914. The standard InChI is InChI=1S/C18H23NO/c19-17(13-4-2-1-3-5-13)18(20)16-14-7-11-6-12(9-14)10-15(16)8-11/h1-5,11-12,14-17H,6-10,19H2. The smallest absolute Gasteiger partial charge is 0.157 e. The highest BCUT2D eigenvalue weighted by Gasteiger charge is 2.51. The van der Waals surface area contributed by atoms with E-state index in [1.165, 1.54) is 32.1 Å². The lowest BCUT2D eigenvalue weighted by atomic mass is 9.50. The number of ketones is 1. The van der Waals surface area contributed by atoms with Crippen molar-refractivity contribution in [3.63, 3.8) is 0 Å². The van der Waals surface area contributed by atoms with E-state index < -0.39 is 6.04 Å². The van der Waals surface area contributed by atoms with Crippen molar-refractivity contribution in [2.45, 2.75) is 38.1 Å². The highest BCUT2D eigenvalue weighted by Crippen LogP contribution is 2.57. The van der Waals surface area contributed by atoms with Crippen LogP contribution >= 0.6 is 0 Å². The minimum absolute atomic E-state index is 0.248. The van der Waals surface area contributed by atoms with Gasteiger partial charge in [0.1, 0.15) is 0 Å². The summed E-state index contributed by atoms with van der Waals surface area (Å²) >= 11 is 0. The van der Waals surface area contributed by atoms with Crippen LogP contribution in [-0.4, -0.2) is 5.78 Å². The Morgan fingerprint density at radius 3 is 2.05 bits per heavy atom. The monoisotopic (exact) mass is 269 g/mol. The average Bonchev–Trinajstić information content (AvgIpc) is 2.46. The van der Waals surface area contributed by atoms with Crippen LogP contribution in [0.5, 0.6) is 0 Å². The molecule has 5 rings (SSSR count). The lowest BCUT2D eigenvalue weighted by molar-refractivity contribution is -0.137. The number of benzene rings is 1. The molecule has 2 heteroatoms. The van der Waals surface area contributed by atoms with Gasteiger partial charge in [-0.3, -0.25) is 4.79 Å². The molecule has 4 bridgehead atoms. The summed E-state index contributed by atoms with van der Waals surface area (Å²) in [5.41, 5.74) is 7.25.